The fourth-order valence-corrected chi connectivity index (χ4v) is 9.25. The highest BCUT2D eigenvalue weighted by atomic mass is 16.1. The Balaban J connectivity index is 1.15. The third-order valence-electron chi connectivity index (χ3n) is 12.9. The first kappa shape index (κ1) is 38.0. The van der Waals surface area contributed by atoms with Crippen molar-refractivity contribution in [2.75, 3.05) is 0 Å². The molecule has 1 heterocycles. The summed E-state index contributed by atoms with van der Waals surface area (Å²) in [6, 6.07) is 39.1. The summed E-state index contributed by atoms with van der Waals surface area (Å²) in [5, 5.41) is 2.37. The molecule has 0 saturated heterocycles. The summed E-state index contributed by atoms with van der Waals surface area (Å²) in [4.78, 5) is 29.1. The molecule has 0 spiro atoms. The Labute approximate surface area is 344 Å². The molecule has 2 aliphatic rings. The van der Waals surface area contributed by atoms with E-state index in [2.05, 4.69) is 167 Å². The summed E-state index contributed by atoms with van der Waals surface area (Å²) in [7, 11) is 0. The zero-order chi connectivity index (χ0) is 41.4. The molecule has 0 unspecified atom stereocenters. The van der Waals surface area contributed by atoms with Crippen LogP contribution in [0, 0.1) is 0 Å². The lowest BCUT2D eigenvalue weighted by molar-refractivity contribution is 0.0979. The summed E-state index contributed by atoms with van der Waals surface area (Å²) in [6.07, 6.45) is 0. The number of nitrogens with zero attached hydrogens (tertiary/aromatic N) is 1. The predicted molar refractivity (Wildman–Crippen MR) is 242 cm³/mol. The minimum Gasteiger partial charge on any atom is -0.309 e. The van der Waals surface area contributed by atoms with E-state index < -0.39 is 0 Å². The highest BCUT2D eigenvalue weighted by Crippen LogP contribution is 2.51. The normalized spacial score (nSPS) is 14.6. The minimum atomic E-state index is -0.110. The summed E-state index contributed by atoms with van der Waals surface area (Å²) in [5.74, 6) is -0.256. The average molecular weight is 762 g/mol. The van der Waals surface area contributed by atoms with Crippen molar-refractivity contribution in [2.24, 2.45) is 0 Å². The molecule has 3 heteroatoms. The van der Waals surface area contributed by atoms with Gasteiger partial charge in [0.2, 0.25) is 0 Å². The topological polar surface area (TPSA) is 39.1 Å². The van der Waals surface area contributed by atoms with Gasteiger partial charge in [-0.3, -0.25) is 9.59 Å². The minimum absolute atomic E-state index is 0.00772. The number of rotatable bonds is 2. The molecule has 0 aliphatic heterocycles. The number of aromatic nitrogens is 1. The first-order chi connectivity index (χ1) is 27.1. The molecule has 0 N–H and O–H groups in total. The molecule has 3 nitrogen and oxygen atoms in total. The highest BCUT2D eigenvalue weighted by Gasteiger charge is 2.36. The number of benzene rings is 6. The molecule has 0 amide bonds. The van der Waals surface area contributed by atoms with Crippen LogP contribution in [0.15, 0.2) is 109 Å². The molecule has 292 valence electrons. The summed E-state index contributed by atoms with van der Waals surface area (Å²) >= 11 is 0. The Bertz CT molecular complexity index is 2770. The second-order valence-corrected chi connectivity index (χ2v) is 21.0. The highest BCUT2D eigenvalue weighted by molar-refractivity contribution is 6.28. The van der Waals surface area contributed by atoms with Crippen LogP contribution < -0.4 is 0 Å². The number of hydrogen-bond donors (Lipinski definition) is 0. The summed E-state index contributed by atoms with van der Waals surface area (Å²) < 4.78 is 2.26. The van der Waals surface area contributed by atoms with E-state index in [0.717, 1.165) is 22.3 Å². The zero-order valence-corrected chi connectivity index (χ0v) is 36.2. The third-order valence-corrected chi connectivity index (χ3v) is 12.9. The molecule has 0 atom stereocenters. The SMILES string of the molecule is CC(C)(C)c1ccc2c(c1)-c1cc(C(C)(C)C)ccc1C2c1ccc2c(c1)C(=O)c1ccc(-n3c4ccc(C(C)(C)C)cc4c4cc(C(C)(C)C)ccc43)cc1C2=O. The molecular formula is C55H55NO2. The maximum absolute atomic E-state index is 14.5. The second kappa shape index (κ2) is 12.5. The first-order valence-corrected chi connectivity index (χ1v) is 20.9. The maximum Gasteiger partial charge on any atom is 0.194 e. The molecule has 0 radical (unpaired) electrons. The van der Waals surface area contributed by atoms with Crippen molar-refractivity contribution in [2.45, 2.75) is 111 Å². The van der Waals surface area contributed by atoms with Crippen molar-refractivity contribution < 1.29 is 9.59 Å². The second-order valence-electron chi connectivity index (χ2n) is 21.0. The Kier molecular flexibility index (Phi) is 8.18. The molecule has 1 aromatic heterocycles. The lowest BCUT2D eigenvalue weighted by Gasteiger charge is -2.23. The molecule has 0 saturated carbocycles. The van der Waals surface area contributed by atoms with Gasteiger partial charge in [-0.05, 0) is 126 Å². The molecule has 2 aliphatic carbocycles. The van der Waals surface area contributed by atoms with Crippen LogP contribution in [0.25, 0.3) is 38.6 Å². The van der Waals surface area contributed by atoms with Gasteiger partial charge < -0.3 is 4.57 Å². The van der Waals surface area contributed by atoms with Gasteiger partial charge in [0, 0.05) is 44.6 Å². The van der Waals surface area contributed by atoms with Crippen LogP contribution in [0.4, 0.5) is 0 Å². The Morgan fingerprint density at radius 1 is 0.379 bits per heavy atom. The number of fused-ring (bicyclic) bond motifs is 8. The van der Waals surface area contributed by atoms with E-state index in [0.29, 0.717) is 22.3 Å². The summed E-state index contributed by atoms with van der Waals surface area (Å²) in [5.41, 5.74) is 16.1. The van der Waals surface area contributed by atoms with Gasteiger partial charge in [0.05, 0.1) is 11.0 Å². The smallest absolute Gasteiger partial charge is 0.194 e. The van der Waals surface area contributed by atoms with Crippen LogP contribution in [0.2, 0.25) is 0 Å². The van der Waals surface area contributed by atoms with Crippen LogP contribution in [-0.4, -0.2) is 16.1 Å². The standard InChI is InChI=1S/C55H55NO2/c1-52(2,3)32-14-20-37-41(26-32)42-27-33(53(4,5)6)15-21-38(42)49(37)31-13-19-39-45(25-31)50(57)40-22-18-36(30-46(40)51(39)58)56-47-23-16-34(54(7,8)9)28-43(47)44-29-35(55(10,11)12)17-24-48(44)56/h13-30,49H,1-12H3. The Morgan fingerprint density at radius 2 is 0.776 bits per heavy atom. The van der Waals surface area contributed by atoms with Gasteiger partial charge in [-0.1, -0.05) is 138 Å². The van der Waals surface area contributed by atoms with Crippen molar-refractivity contribution in [1.82, 2.24) is 4.57 Å². The lowest BCUT2D eigenvalue weighted by Crippen LogP contribution is -2.22. The first-order valence-electron chi connectivity index (χ1n) is 20.9. The fourth-order valence-electron chi connectivity index (χ4n) is 9.25. The van der Waals surface area contributed by atoms with Gasteiger partial charge >= 0.3 is 0 Å². The molecule has 58 heavy (non-hydrogen) atoms. The maximum atomic E-state index is 14.5. The van der Waals surface area contributed by atoms with Crippen molar-refractivity contribution in [3.05, 3.63) is 170 Å². The lowest BCUT2D eigenvalue weighted by atomic mass is 9.80. The molecule has 9 rings (SSSR count). The van der Waals surface area contributed by atoms with Crippen LogP contribution in [0.3, 0.4) is 0 Å². The zero-order valence-electron chi connectivity index (χ0n) is 36.2. The molecule has 7 aromatic rings. The van der Waals surface area contributed by atoms with Crippen LogP contribution >= 0.6 is 0 Å². The molecule has 0 fully saturated rings. The Hall–Kier alpha value is -5.54. The van der Waals surface area contributed by atoms with E-state index >= 15 is 0 Å². The average Bonchev–Trinajstić information content (AvgIpc) is 3.66. The van der Waals surface area contributed by atoms with Gasteiger partial charge in [0.1, 0.15) is 0 Å². The van der Waals surface area contributed by atoms with E-state index in [1.54, 1.807) is 0 Å². The van der Waals surface area contributed by atoms with Crippen molar-refractivity contribution in [1.29, 1.82) is 0 Å². The van der Waals surface area contributed by atoms with Gasteiger partial charge in [0.15, 0.2) is 11.6 Å². The van der Waals surface area contributed by atoms with E-state index in [9.17, 15) is 9.59 Å². The molecule has 6 aromatic carbocycles. The molecular weight excluding hydrogens is 707 g/mol. The van der Waals surface area contributed by atoms with Crippen LogP contribution in [0.1, 0.15) is 160 Å². The predicted octanol–water partition coefficient (Wildman–Crippen LogP) is 13.9. The van der Waals surface area contributed by atoms with E-state index in [-0.39, 0.29) is 39.1 Å². The van der Waals surface area contributed by atoms with E-state index in [4.69, 9.17) is 0 Å². The molecule has 0 bridgehead atoms. The van der Waals surface area contributed by atoms with Gasteiger partial charge in [-0.2, -0.15) is 0 Å². The fraction of sp³-hybridized carbons (Fsp3) is 0.309. The van der Waals surface area contributed by atoms with Gasteiger partial charge in [-0.25, -0.2) is 0 Å². The van der Waals surface area contributed by atoms with Crippen molar-refractivity contribution >= 4 is 33.4 Å². The van der Waals surface area contributed by atoms with Crippen LogP contribution in [0.5, 0.6) is 0 Å². The van der Waals surface area contributed by atoms with E-state index in [1.165, 1.54) is 55.3 Å². The quantitative estimate of drug-likeness (QED) is 0.176. The van der Waals surface area contributed by atoms with Gasteiger partial charge in [-0.15, -0.1) is 0 Å². The van der Waals surface area contributed by atoms with Crippen LogP contribution in [-0.2, 0) is 21.7 Å². The number of carbonyl (C=O) groups is 2. The largest absolute Gasteiger partial charge is 0.309 e. The Morgan fingerprint density at radius 3 is 1.22 bits per heavy atom. The van der Waals surface area contributed by atoms with Crippen molar-refractivity contribution in [3.63, 3.8) is 0 Å². The van der Waals surface area contributed by atoms with E-state index in [1.807, 2.05) is 30.3 Å². The van der Waals surface area contributed by atoms with Gasteiger partial charge in [0.25, 0.3) is 0 Å². The summed E-state index contributed by atoms with van der Waals surface area (Å²) in [6.45, 7) is 27.0. The van der Waals surface area contributed by atoms with Crippen molar-refractivity contribution in [3.8, 4) is 16.8 Å². The number of carbonyl (C=O) groups excluding carboxylic acids is 2. The third kappa shape index (κ3) is 5.92. The monoisotopic (exact) mass is 761 g/mol. The number of hydrogen-bond acceptors (Lipinski definition) is 2. The number of ketones is 2.